The molecule has 2 nitrogen and oxygen atoms in total. The number of rotatable bonds is 2. The summed E-state index contributed by atoms with van der Waals surface area (Å²) in [7, 11) is 0. The van der Waals surface area contributed by atoms with Gasteiger partial charge in [-0.3, -0.25) is 4.79 Å². The molecule has 0 aromatic heterocycles. The molecule has 3 heteroatoms. The number of hydrogen-bond donors (Lipinski definition) is 1. The van der Waals surface area contributed by atoms with E-state index in [9.17, 15) is 4.79 Å². The molecular weight excluding hydrogens is 341 g/mol. The maximum absolute atomic E-state index is 10.5. The van der Waals surface area contributed by atoms with Crippen LogP contribution in [-0.2, 0) is 32.5 Å². The van der Waals surface area contributed by atoms with E-state index < -0.39 is 11.9 Å². The minimum atomic E-state index is -0.781. The zero-order chi connectivity index (χ0) is 8.27. The summed E-state index contributed by atoms with van der Waals surface area (Å²) in [6.45, 7) is 1.68. The van der Waals surface area contributed by atoms with Crippen molar-refractivity contribution in [3.05, 3.63) is 35.9 Å². The summed E-state index contributed by atoms with van der Waals surface area (Å²) in [5, 5.41) is 8.64. The van der Waals surface area contributed by atoms with Crippen LogP contribution < -0.4 is 0 Å². The zero-order valence-electron chi connectivity index (χ0n) is 7.03. The Bertz CT molecular complexity index is 246. The number of carbonyl (C=O) groups is 1. The van der Waals surface area contributed by atoms with Crippen LogP contribution in [0.25, 0.3) is 0 Å². The van der Waals surface area contributed by atoms with E-state index in [0.717, 1.165) is 5.56 Å². The quantitative estimate of drug-likeness (QED) is 0.827. The SMILES string of the molecule is CC(C(=O)O)c1ccccc1.[Hg]. The molecule has 1 atom stereocenters. The van der Waals surface area contributed by atoms with Crippen molar-refractivity contribution >= 4 is 5.97 Å². The second kappa shape index (κ2) is 5.30. The van der Waals surface area contributed by atoms with Gasteiger partial charge in [0.15, 0.2) is 0 Å². The molecule has 0 saturated heterocycles. The van der Waals surface area contributed by atoms with Crippen LogP contribution in [0.1, 0.15) is 18.4 Å². The Morgan fingerprint density at radius 2 is 1.83 bits per heavy atom. The van der Waals surface area contributed by atoms with E-state index in [1.165, 1.54) is 0 Å². The molecular formula is C9H10HgO2. The van der Waals surface area contributed by atoms with Crippen LogP contribution in [0.5, 0.6) is 0 Å². The third-order valence-corrected chi connectivity index (χ3v) is 1.67. The van der Waals surface area contributed by atoms with E-state index in [4.69, 9.17) is 5.11 Å². The number of carboxylic acids is 1. The Kier molecular flexibility index (Phi) is 5.14. The third kappa shape index (κ3) is 2.93. The Hall–Kier alpha value is -0.375. The molecule has 0 radical (unpaired) electrons. The molecule has 1 aromatic rings. The van der Waals surface area contributed by atoms with Crippen LogP contribution in [-0.4, -0.2) is 11.1 Å². The summed E-state index contributed by atoms with van der Waals surface area (Å²) in [5.74, 6) is -1.19. The molecule has 0 fully saturated rings. The van der Waals surface area contributed by atoms with Gasteiger partial charge in [-0.05, 0) is 12.5 Å². The van der Waals surface area contributed by atoms with E-state index in [0.29, 0.717) is 0 Å². The van der Waals surface area contributed by atoms with Crippen LogP contribution in [0.2, 0.25) is 0 Å². The first-order valence-corrected chi connectivity index (χ1v) is 3.49. The van der Waals surface area contributed by atoms with Gasteiger partial charge >= 0.3 is 5.97 Å². The average Bonchev–Trinajstić information content (AvgIpc) is 2.05. The molecule has 0 aliphatic rings. The van der Waals surface area contributed by atoms with E-state index >= 15 is 0 Å². The zero-order valence-corrected chi connectivity index (χ0v) is 12.5. The minimum absolute atomic E-state index is 0. The molecule has 1 unspecified atom stereocenters. The molecule has 0 aliphatic carbocycles. The Morgan fingerprint density at radius 1 is 1.33 bits per heavy atom. The summed E-state index contributed by atoms with van der Waals surface area (Å²) in [6, 6.07) is 9.19. The van der Waals surface area contributed by atoms with Gasteiger partial charge in [-0.15, -0.1) is 0 Å². The maximum atomic E-state index is 10.5. The molecule has 0 spiro atoms. The maximum Gasteiger partial charge on any atom is 0.310 e. The Balaban J connectivity index is 0.00000121. The average molecular weight is 351 g/mol. The number of carboxylic acid groups (broad SMARTS) is 1. The van der Waals surface area contributed by atoms with Crippen molar-refractivity contribution in [1.29, 1.82) is 0 Å². The van der Waals surface area contributed by atoms with Crippen molar-refractivity contribution in [3.63, 3.8) is 0 Å². The van der Waals surface area contributed by atoms with E-state index in [1.807, 2.05) is 30.3 Å². The van der Waals surface area contributed by atoms with Crippen LogP contribution >= 0.6 is 0 Å². The third-order valence-electron chi connectivity index (χ3n) is 1.67. The predicted molar refractivity (Wildman–Crippen MR) is 42.5 cm³/mol. The van der Waals surface area contributed by atoms with Gasteiger partial charge in [0.25, 0.3) is 0 Å². The summed E-state index contributed by atoms with van der Waals surface area (Å²) >= 11 is 0. The molecule has 0 saturated carbocycles. The van der Waals surface area contributed by atoms with Crippen molar-refractivity contribution in [2.24, 2.45) is 0 Å². The van der Waals surface area contributed by atoms with E-state index in [2.05, 4.69) is 0 Å². The molecule has 60 valence electrons. The predicted octanol–water partition coefficient (Wildman–Crippen LogP) is 1.87. The largest absolute Gasteiger partial charge is 0.481 e. The van der Waals surface area contributed by atoms with E-state index in [1.54, 1.807) is 6.92 Å². The fraction of sp³-hybridized carbons (Fsp3) is 0.222. The summed E-state index contributed by atoms with van der Waals surface area (Å²) in [6.07, 6.45) is 0. The van der Waals surface area contributed by atoms with Gasteiger partial charge in [-0.1, -0.05) is 30.3 Å². The Morgan fingerprint density at radius 3 is 2.25 bits per heavy atom. The van der Waals surface area contributed by atoms with Gasteiger partial charge < -0.3 is 5.11 Å². The van der Waals surface area contributed by atoms with Gasteiger partial charge in [0.05, 0.1) is 5.92 Å². The number of hydrogen-bond acceptors (Lipinski definition) is 1. The molecule has 12 heavy (non-hydrogen) atoms. The van der Waals surface area contributed by atoms with Crippen molar-refractivity contribution in [1.82, 2.24) is 0 Å². The van der Waals surface area contributed by atoms with Crippen LogP contribution in [0.4, 0.5) is 0 Å². The second-order valence-corrected chi connectivity index (χ2v) is 2.47. The Labute approximate surface area is 92.1 Å². The second-order valence-electron chi connectivity index (χ2n) is 2.47. The van der Waals surface area contributed by atoms with Crippen molar-refractivity contribution in [2.45, 2.75) is 12.8 Å². The van der Waals surface area contributed by atoms with Crippen LogP contribution in [0.15, 0.2) is 30.3 Å². The monoisotopic (exact) mass is 352 g/mol. The van der Waals surface area contributed by atoms with Crippen molar-refractivity contribution < 1.29 is 37.6 Å². The van der Waals surface area contributed by atoms with Gasteiger partial charge in [-0.2, -0.15) is 0 Å². The summed E-state index contributed by atoms with van der Waals surface area (Å²) in [4.78, 5) is 10.5. The molecule has 1 rings (SSSR count). The number of aliphatic carboxylic acids is 1. The van der Waals surface area contributed by atoms with Crippen molar-refractivity contribution in [3.8, 4) is 0 Å². The molecule has 0 heterocycles. The summed E-state index contributed by atoms with van der Waals surface area (Å²) < 4.78 is 0. The summed E-state index contributed by atoms with van der Waals surface area (Å²) in [5.41, 5.74) is 0.847. The molecule has 0 bridgehead atoms. The van der Waals surface area contributed by atoms with Gasteiger partial charge in [0.1, 0.15) is 0 Å². The van der Waals surface area contributed by atoms with Crippen molar-refractivity contribution in [2.75, 3.05) is 0 Å². The normalized spacial score (nSPS) is 11.4. The van der Waals surface area contributed by atoms with E-state index in [-0.39, 0.29) is 27.7 Å². The standard InChI is InChI=1S/C9H10O2.Hg/c1-7(9(10)11)8-5-3-2-4-6-8;/h2-7H,1H3,(H,10,11);. The first-order chi connectivity index (χ1) is 5.22. The fourth-order valence-corrected chi connectivity index (χ4v) is 0.884. The first kappa shape index (κ1) is 11.6. The van der Waals surface area contributed by atoms with Gasteiger partial charge in [0.2, 0.25) is 0 Å². The molecule has 0 aliphatic heterocycles. The van der Waals surface area contributed by atoms with Gasteiger partial charge in [-0.25, -0.2) is 0 Å². The number of benzene rings is 1. The molecule has 1 aromatic carbocycles. The first-order valence-electron chi connectivity index (χ1n) is 3.49. The fourth-order valence-electron chi connectivity index (χ4n) is 0.884. The smallest absolute Gasteiger partial charge is 0.310 e. The minimum Gasteiger partial charge on any atom is -0.481 e. The topological polar surface area (TPSA) is 37.3 Å². The molecule has 0 amide bonds. The molecule has 1 N–H and O–H groups in total. The van der Waals surface area contributed by atoms with Crippen LogP contribution in [0.3, 0.4) is 0 Å². The van der Waals surface area contributed by atoms with Crippen LogP contribution in [0, 0.1) is 0 Å². The van der Waals surface area contributed by atoms with Gasteiger partial charge in [0, 0.05) is 27.7 Å².